The molecule has 0 saturated carbocycles. The summed E-state index contributed by atoms with van der Waals surface area (Å²) in [5, 5.41) is 13.6. The number of phenolic OH excluding ortho intramolecular Hbond substituents is 1. The molecule has 0 amide bonds. The number of anilines is 1. The lowest BCUT2D eigenvalue weighted by Crippen LogP contribution is -2.04. The monoisotopic (exact) mass is 253 g/mol. The number of hydrogen-bond donors (Lipinski definition) is 3. The lowest BCUT2D eigenvalue weighted by molar-refractivity contribution is 0.473. The highest BCUT2D eigenvalue weighted by atomic mass is 32.2. The van der Waals surface area contributed by atoms with Crippen LogP contribution in [0.3, 0.4) is 0 Å². The zero-order valence-corrected chi connectivity index (χ0v) is 9.82. The largest absolute Gasteiger partial charge is 0.505 e. The van der Waals surface area contributed by atoms with Crippen LogP contribution in [0.15, 0.2) is 35.2 Å². The number of aromatic hydroxyl groups is 1. The highest BCUT2D eigenvalue weighted by molar-refractivity contribution is 7.86. The lowest BCUT2D eigenvalue weighted by Gasteiger charge is -2.11. The minimum absolute atomic E-state index is 0.00815. The van der Waals surface area contributed by atoms with Crippen LogP contribution in [-0.4, -0.2) is 25.1 Å². The number of phenols is 1. The van der Waals surface area contributed by atoms with Gasteiger partial charge >= 0.3 is 0 Å². The van der Waals surface area contributed by atoms with Crippen LogP contribution in [0.5, 0.6) is 5.75 Å². The molecular formula is C11H11NO4S. The van der Waals surface area contributed by atoms with E-state index >= 15 is 0 Å². The van der Waals surface area contributed by atoms with Gasteiger partial charge in [0.05, 0.1) is 5.69 Å². The molecule has 17 heavy (non-hydrogen) atoms. The normalized spacial score (nSPS) is 11.6. The van der Waals surface area contributed by atoms with Gasteiger partial charge in [-0.1, -0.05) is 24.3 Å². The molecule has 0 aliphatic rings. The Kier molecular flexibility index (Phi) is 2.68. The molecule has 0 aliphatic carbocycles. The van der Waals surface area contributed by atoms with Crippen LogP contribution in [0, 0.1) is 0 Å². The van der Waals surface area contributed by atoms with Gasteiger partial charge in [-0.3, -0.25) is 4.55 Å². The summed E-state index contributed by atoms with van der Waals surface area (Å²) >= 11 is 0. The molecule has 2 aromatic carbocycles. The van der Waals surface area contributed by atoms with Gasteiger partial charge in [0, 0.05) is 12.4 Å². The quantitative estimate of drug-likeness (QED) is 0.561. The molecule has 90 valence electrons. The van der Waals surface area contributed by atoms with Crippen molar-refractivity contribution in [1.82, 2.24) is 0 Å². The third-order valence-electron chi connectivity index (χ3n) is 2.51. The maximum Gasteiger partial charge on any atom is 0.296 e. The number of benzene rings is 2. The molecule has 2 aromatic rings. The Morgan fingerprint density at radius 1 is 1.24 bits per heavy atom. The van der Waals surface area contributed by atoms with Gasteiger partial charge in [0.1, 0.15) is 10.6 Å². The first-order chi connectivity index (χ1) is 7.95. The van der Waals surface area contributed by atoms with Crippen molar-refractivity contribution in [3.05, 3.63) is 30.3 Å². The van der Waals surface area contributed by atoms with Crippen molar-refractivity contribution in [3.8, 4) is 5.75 Å². The van der Waals surface area contributed by atoms with E-state index < -0.39 is 10.1 Å². The van der Waals surface area contributed by atoms with Gasteiger partial charge in [0.15, 0.2) is 0 Å². The van der Waals surface area contributed by atoms with Crippen molar-refractivity contribution >= 4 is 26.6 Å². The summed E-state index contributed by atoms with van der Waals surface area (Å²) in [6, 6.07) is 8.09. The Morgan fingerprint density at radius 3 is 2.47 bits per heavy atom. The summed E-state index contributed by atoms with van der Waals surface area (Å²) in [6.07, 6.45) is 0. The molecule has 2 rings (SSSR count). The standard InChI is InChI=1S/C11H11NO4S/c1-12-10-9(17(14,15)16)6-7-4-2-3-5-8(7)11(10)13/h2-6,12-13H,1H3,(H,14,15,16). The van der Waals surface area contributed by atoms with Gasteiger partial charge in [-0.15, -0.1) is 0 Å². The van der Waals surface area contributed by atoms with Gasteiger partial charge in [-0.25, -0.2) is 0 Å². The number of fused-ring (bicyclic) bond motifs is 1. The van der Waals surface area contributed by atoms with Crippen LogP contribution in [0.2, 0.25) is 0 Å². The third-order valence-corrected chi connectivity index (χ3v) is 3.39. The van der Waals surface area contributed by atoms with E-state index in [9.17, 15) is 13.5 Å². The van der Waals surface area contributed by atoms with Gasteiger partial charge in [-0.2, -0.15) is 8.42 Å². The predicted octanol–water partition coefficient (Wildman–Crippen LogP) is 1.83. The molecule has 0 aliphatic heterocycles. The molecule has 0 radical (unpaired) electrons. The van der Waals surface area contributed by atoms with E-state index in [4.69, 9.17) is 4.55 Å². The van der Waals surface area contributed by atoms with Crippen LogP contribution < -0.4 is 5.32 Å². The second kappa shape index (κ2) is 3.90. The molecule has 0 spiro atoms. The second-order valence-corrected chi connectivity index (χ2v) is 4.93. The molecule has 0 atom stereocenters. The van der Waals surface area contributed by atoms with Crippen molar-refractivity contribution in [2.24, 2.45) is 0 Å². The smallest absolute Gasteiger partial charge is 0.296 e. The average Bonchev–Trinajstić information content (AvgIpc) is 2.28. The van der Waals surface area contributed by atoms with E-state index in [1.807, 2.05) is 0 Å². The average molecular weight is 253 g/mol. The summed E-state index contributed by atoms with van der Waals surface area (Å²) in [5.74, 6) is -0.196. The summed E-state index contributed by atoms with van der Waals surface area (Å²) in [6.45, 7) is 0. The molecule has 0 aromatic heterocycles. The highest BCUT2D eigenvalue weighted by Crippen LogP contribution is 2.37. The zero-order valence-electron chi connectivity index (χ0n) is 9.01. The van der Waals surface area contributed by atoms with Crippen LogP contribution in [0.1, 0.15) is 0 Å². The van der Waals surface area contributed by atoms with Crippen LogP contribution in [-0.2, 0) is 10.1 Å². The van der Waals surface area contributed by atoms with Gasteiger partial charge < -0.3 is 10.4 Å². The van der Waals surface area contributed by atoms with Gasteiger partial charge in [0.2, 0.25) is 0 Å². The number of rotatable bonds is 2. The first-order valence-electron chi connectivity index (χ1n) is 4.85. The topological polar surface area (TPSA) is 86.6 Å². The third kappa shape index (κ3) is 1.92. The minimum atomic E-state index is -4.38. The molecule has 0 bridgehead atoms. The van der Waals surface area contributed by atoms with Crippen molar-refractivity contribution < 1.29 is 18.1 Å². The number of nitrogens with one attached hydrogen (secondary N) is 1. The summed E-state index contributed by atoms with van der Waals surface area (Å²) in [4.78, 5) is -0.337. The first-order valence-corrected chi connectivity index (χ1v) is 6.29. The maximum absolute atomic E-state index is 11.2. The lowest BCUT2D eigenvalue weighted by atomic mass is 10.1. The second-order valence-electron chi connectivity index (χ2n) is 3.54. The molecular weight excluding hydrogens is 242 g/mol. The predicted molar refractivity (Wildman–Crippen MR) is 65.0 cm³/mol. The van der Waals surface area contributed by atoms with E-state index in [1.165, 1.54) is 13.1 Å². The van der Waals surface area contributed by atoms with Gasteiger partial charge in [-0.05, 0) is 11.5 Å². The summed E-state index contributed by atoms with van der Waals surface area (Å²) in [7, 11) is -2.91. The summed E-state index contributed by atoms with van der Waals surface area (Å²) in [5.41, 5.74) is -0.00815. The fraction of sp³-hybridized carbons (Fsp3) is 0.0909. The van der Waals surface area contributed by atoms with E-state index in [1.54, 1.807) is 24.3 Å². The fourth-order valence-corrected chi connectivity index (χ4v) is 2.48. The van der Waals surface area contributed by atoms with Crippen molar-refractivity contribution in [2.75, 3.05) is 12.4 Å². The molecule has 6 heteroatoms. The number of hydrogen-bond acceptors (Lipinski definition) is 4. The summed E-state index contributed by atoms with van der Waals surface area (Å²) < 4.78 is 31.5. The van der Waals surface area contributed by atoms with Crippen LogP contribution >= 0.6 is 0 Å². The highest BCUT2D eigenvalue weighted by Gasteiger charge is 2.20. The van der Waals surface area contributed by atoms with E-state index in [2.05, 4.69) is 5.32 Å². The Bertz CT molecular complexity index is 679. The molecule has 0 heterocycles. The van der Waals surface area contributed by atoms with Gasteiger partial charge in [0.25, 0.3) is 10.1 Å². The molecule has 0 fully saturated rings. The van der Waals surface area contributed by atoms with Crippen LogP contribution in [0.25, 0.3) is 10.8 Å². The minimum Gasteiger partial charge on any atom is -0.505 e. The Morgan fingerprint density at radius 2 is 1.88 bits per heavy atom. The maximum atomic E-state index is 11.2. The SMILES string of the molecule is CNc1c(S(=O)(=O)O)cc2ccccc2c1O. The molecule has 0 saturated heterocycles. The molecule has 0 unspecified atom stereocenters. The molecule has 5 nitrogen and oxygen atoms in total. The Labute approximate surface area is 98.5 Å². The molecule has 3 N–H and O–H groups in total. The van der Waals surface area contributed by atoms with E-state index in [-0.39, 0.29) is 16.3 Å². The van der Waals surface area contributed by atoms with Crippen molar-refractivity contribution in [3.63, 3.8) is 0 Å². The van der Waals surface area contributed by atoms with E-state index in [0.29, 0.717) is 10.8 Å². The van der Waals surface area contributed by atoms with Crippen molar-refractivity contribution in [1.29, 1.82) is 0 Å². The van der Waals surface area contributed by atoms with Crippen LogP contribution in [0.4, 0.5) is 5.69 Å². The Hall–Kier alpha value is -1.79. The Balaban J connectivity index is 2.95. The fourth-order valence-electron chi connectivity index (χ4n) is 1.75. The zero-order chi connectivity index (χ0) is 12.6. The van der Waals surface area contributed by atoms with Crippen molar-refractivity contribution in [2.45, 2.75) is 4.90 Å². The van der Waals surface area contributed by atoms with E-state index in [0.717, 1.165) is 0 Å². The first kappa shape index (κ1) is 11.7.